The molecule has 10 heteroatoms. The van der Waals surface area contributed by atoms with E-state index >= 15 is 0 Å². The number of nitrogens with one attached hydrogen (secondary N) is 1. The van der Waals surface area contributed by atoms with Gasteiger partial charge in [-0.1, -0.05) is 54.1 Å². The Morgan fingerprint density at radius 2 is 1.37 bits per heavy atom. The fourth-order valence-corrected chi connectivity index (χ4v) is 7.15. The Labute approximate surface area is 206 Å². The highest BCUT2D eigenvalue weighted by Crippen LogP contribution is 2.26. The zero-order valence-electron chi connectivity index (χ0n) is 19.5. The smallest absolute Gasteiger partial charge is 0.244 e. The number of nitrogens with zero attached hydrogens (tertiary/aromatic N) is 2. The SMILES string of the molecule is Cc1ccc(NC(=O)C2CN(S(=O)(=O)c3ccccc3)CCN2S(=O)(=O)c2ccccc2)c(C)c1. The summed E-state index contributed by atoms with van der Waals surface area (Å²) in [6.45, 7) is 3.24. The molecule has 1 fully saturated rings. The van der Waals surface area contributed by atoms with E-state index in [9.17, 15) is 21.6 Å². The molecule has 1 unspecified atom stereocenters. The maximum atomic E-state index is 13.5. The number of carbonyl (C=O) groups excluding carboxylic acids is 1. The number of benzene rings is 3. The molecule has 0 spiro atoms. The molecule has 3 aromatic rings. The first kappa shape index (κ1) is 25.1. The molecule has 0 bridgehead atoms. The van der Waals surface area contributed by atoms with E-state index in [-0.39, 0.29) is 29.4 Å². The molecule has 1 aliphatic rings. The van der Waals surface area contributed by atoms with Gasteiger partial charge in [-0.25, -0.2) is 16.8 Å². The van der Waals surface area contributed by atoms with Crippen LogP contribution in [0.5, 0.6) is 0 Å². The molecule has 4 rings (SSSR count). The highest BCUT2D eigenvalue weighted by atomic mass is 32.2. The second kappa shape index (κ2) is 9.90. The van der Waals surface area contributed by atoms with Crippen LogP contribution in [0.15, 0.2) is 88.7 Å². The van der Waals surface area contributed by atoms with Gasteiger partial charge in [-0.05, 0) is 49.7 Å². The quantitative estimate of drug-likeness (QED) is 0.546. The Morgan fingerprint density at radius 1 is 0.800 bits per heavy atom. The summed E-state index contributed by atoms with van der Waals surface area (Å²) >= 11 is 0. The molecule has 0 radical (unpaired) electrons. The van der Waals surface area contributed by atoms with Crippen LogP contribution in [0, 0.1) is 13.8 Å². The number of hydrogen-bond acceptors (Lipinski definition) is 5. The molecular formula is C25H27N3O5S2. The molecule has 0 aliphatic carbocycles. The lowest BCUT2D eigenvalue weighted by Gasteiger charge is -2.39. The Kier molecular flexibility index (Phi) is 7.09. The van der Waals surface area contributed by atoms with E-state index in [0.29, 0.717) is 5.69 Å². The van der Waals surface area contributed by atoms with E-state index in [1.165, 1.54) is 28.6 Å². The number of sulfonamides is 2. The molecule has 3 aromatic carbocycles. The Balaban J connectivity index is 1.70. The van der Waals surface area contributed by atoms with Gasteiger partial charge in [-0.15, -0.1) is 0 Å². The predicted molar refractivity (Wildman–Crippen MR) is 134 cm³/mol. The molecule has 35 heavy (non-hydrogen) atoms. The normalized spacial score (nSPS) is 17.7. The van der Waals surface area contributed by atoms with Gasteiger partial charge in [0.25, 0.3) is 0 Å². The Morgan fingerprint density at radius 3 is 1.94 bits per heavy atom. The van der Waals surface area contributed by atoms with Gasteiger partial charge < -0.3 is 5.32 Å². The minimum absolute atomic E-state index is 0.0451. The molecule has 1 heterocycles. The number of anilines is 1. The number of rotatable bonds is 6. The molecule has 1 amide bonds. The zero-order chi connectivity index (χ0) is 25.2. The Hall–Kier alpha value is -3.05. The number of piperazine rings is 1. The van der Waals surface area contributed by atoms with E-state index in [1.807, 2.05) is 26.0 Å². The lowest BCUT2D eigenvalue weighted by Crippen LogP contribution is -2.60. The van der Waals surface area contributed by atoms with Gasteiger partial charge >= 0.3 is 0 Å². The summed E-state index contributed by atoms with van der Waals surface area (Å²) < 4.78 is 55.7. The minimum Gasteiger partial charge on any atom is -0.324 e. The summed E-state index contributed by atoms with van der Waals surface area (Å²) in [5, 5.41) is 2.81. The summed E-state index contributed by atoms with van der Waals surface area (Å²) in [6, 6.07) is 20.0. The van der Waals surface area contributed by atoms with E-state index < -0.39 is 32.0 Å². The van der Waals surface area contributed by atoms with Crippen LogP contribution < -0.4 is 5.32 Å². The van der Waals surface area contributed by atoms with E-state index in [2.05, 4.69) is 5.32 Å². The highest BCUT2D eigenvalue weighted by molar-refractivity contribution is 7.89. The molecular weight excluding hydrogens is 486 g/mol. The third kappa shape index (κ3) is 5.15. The van der Waals surface area contributed by atoms with Crippen molar-refractivity contribution in [1.82, 2.24) is 8.61 Å². The van der Waals surface area contributed by atoms with E-state index in [4.69, 9.17) is 0 Å². The fraction of sp³-hybridized carbons (Fsp3) is 0.240. The maximum Gasteiger partial charge on any atom is 0.244 e. The second-order valence-electron chi connectivity index (χ2n) is 8.43. The first-order valence-electron chi connectivity index (χ1n) is 11.1. The van der Waals surface area contributed by atoms with Gasteiger partial charge in [0.2, 0.25) is 26.0 Å². The van der Waals surface area contributed by atoms with Gasteiger partial charge in [0.1, 0.15) is 6.04 Å². The summed E-state index contributed by atoms with van der Waals surface area (Å²) in [4.78, 5) is 13.6. The van der Waals surface area contributed by atoms with Gasteiger partial charge in [0.15, 0.2) is 0 Å². The van der Waals surface area contributed by atoms with Gasteiger partial charge in [0.05, 0.1) is 9.79 Å². The Bertz CT molecular complexity index is 1430. The topological polar surface area (TPSA) is 104 Å². The number of carbonyl (C=O) groups is 1. The van der Waals surface area contributed by atoms with Crippen molar-refractivity contribution in [3.05, 3.63) is 90.0 Å². The average molecular weight is 514 g/mol. The van der Waals surface area contributed by atoms with E-state index in [1.54, 1.807) is 42.5 Å². The third-order valence-corrected chi connectivity index (χ3v) is 9.77. The van der Waals surface area contributed by atoms with Crippen LogP contribution in [0.2, 0.25) is 0 Å². The van der Waals surface area contributed by atoms with Crippen molar-refractivity contribution in [2.45, 2.75) is 29.7 Å². The summed E-state index contributed by atoms with van der Waals surface area (Å²) in [6.07, 6.45) is 0. The largest absolute Gasteiger partial charge is 0.324 e. The molecule has 8 nitrogen and oxygen atoms in total. The van der Waals surface area contributed by atoms with Crippen molar-refractivity contribution in [3.8, 4) is 0 Å². The van der Waals surface area contributed by atoms with Crippen LogP contribution >= 0.6 is 0 Å². The molecule has 1 atom stereocenters. The van der Waals surface area contributed by atoms with Crippen molar-refractivity contribution in [1.29, 1.82) is 0 Å². The fourth-order valence-electron chi connectivity index (χ4n) is 4.10. The zero-order valence-corrected chi connectivity index (χ0v) is 21.1. The third-order valence-electron chi connectivity index (χ3n) is 5.97. The van der Waals surface area contributed by atoms with Gasteiger partial charge in [-0.2, -0.15) is 8.61 Å². The van der Waals surface area contributed by atoms with Gasteiger partial charge in [-0.3, -0.25) is 4.79 Å². The molecule has 0 aromatic heterocycles. The van der Waals surface area contributed by atoms with Crippen LogP contribution in [0.25, 0.3) is 0 Å². The van der Waals surface area contributed by atoms with Crippen molar-refractivity contribution < 1.29 is 21.6 Å². The standard InChI is InChI=1S/C25H27N3O5S2/c1-19-13-14-23(20(2)17-19)26-25(29)24-18-27(34(30,31)21-9-5-3-6-10-21)15-16-28(24)35(32,33)22-11-7-4-8-12-22/h3-14,17,24H,15-16,18H2,1-2H3,(H,26,29). The van der Waals surface area contributed by atoms with Crippen molar-refractivity contribution >= 4 is 31.6 Å². The molecule has 1 N–H and O–H groups in total. The molecule has 1 saturated heterocycles. The summed E-state index contributed by atoms with van der Waals surface area (Å²) in [5.41, 5.74) is 2.38. The minimum atomic E-state index is -4.05. The van der Waals surface area contributed by atoms with E-state index in [0.717, 1.165) is 15.4 Å². The second-order valence-corrected chi connectivity index (χ2v) is 12.3. The first-order valence-corrected chi connectivity index (χ1v) is 14.0. The van der Waals surface area contributed by atoms with Crippen molar-refractivity contribution in [2.24, 2.45) is 0 Å². The number of amides is 1. The number of aryl methyl sites for hydroxylation is 2. The monoisotopic (exact) mass is 513 g/mol. The number of hydrogen-bond donors (Lipinski definition) is 1. The first-order chi connectivity index (χ1) is 16.6. The van der Waals surface area contributed by atoms with Crippen LogP contribution in [-0.2, 0) is 24.8 Å². The van der Waals surface area contributed by atoms with Crippen LogP contribution in [0.1, 0.15) is 11.1 Å². The molecule has 1 aliphatic heterocycles. The highest BCUT2D eigenvalue weighted by Gasteiger charge is 2.43. The lowest BCUT2D eigenvalue weighted by atomic mass is 10.1. The molecule has 0 saturated carbocycles. The van der Waals surface area contributed by atoms with Crippen molar-refractivity contribution in [2.75, 3.05) is 25.0 Å². The predicted octanol–water partition coefficient (Wildman–Crippen LogP) is 3.01. The lowest BCUT2D eigenvalue weighted by molar-refractivity contribution is -0.120. The maximum absolute atomic E-state index is 13.5. The summed E-state index contributed by atoms with van der Waals surface area (Å²) in [7, 11) is -7.96. The van der Waals surface area contributed by atoms with Gasteiger partial charge in [0, 0.05) is 25.3 Å². The molecule has 184 valence electrons. The average Bonchev–Trinajstić information content (AvgIpc) is 2.86. The van der Waals surface area contributed by atoms with Crippen LogP contribution in [0.4, 0.5) is 5.69 Å². The van der Waals surface area contributed by atoms with Crippen LogP contribution in [-0.4, -0.2) is 57.0 Å². The summed E-state index contributed by atoms with van der Waals surface area (Å²) in [5.74, 6) is -0.593. The van der Waals surface area contributed by atoms with Crippen molar-refractivity contribution in [3.63, 3.8) is 0 Å². The van der Waals surface area contributed by atoms with Crippen LogP contribution in [0.3, 0.4) is 0 Å².